The number of hydrogen-bond donors (Lipinski definition) is 2. The van der Waals surface area contributed by atoms with Gasteiger partial charge in [0.05, 0.1) is 26.2 Å². The number of ether oxygens (including phenoxy) is 3. The summed E-state index contributed by atoms with van der Waals surface area (Å²) in [5.41, 5.74) is 0. The van der Waals surface area contributed by atoms with Crippen molar-refractivity contribution < 1.29 is 52.2 Å². The minimum Gasteiger partial charge on any atom is -0.462 e. The van der Waals surface area contributed by atoms with Crippen molar-refractivity contribution in [3.05, 3.63) is 97.2 Å². The zero-order chi connectivity index (χ0) is 55.5. The van der Waals surface area contributed by atoms with Crippen molar-refractivity contribution in [3.8, 4) is 0 Å². The van der Waals surface area contributed by atoms with Crippen molar-refractivity contribution in [3.63, 3.8) is 0 Å². The summed E-state index contributed by atoms with van der Waals surface area (Å²) in [5.74, 6) is -1.62. The van der Waals surface area contributed by atoms with Crippen LogP contribution in [-0.4, -0.2) is 66.5 Å². The summed E-state index contributed by atoms with van der Waals surface area (Å²) in [6.45, 7) is 4.31. The summed E-state index contributed by atoms with van der Waals surface area (Å²) < 4.78 is 39.4. The third-order valence-electron chi connectivity index (χ3n) is 12.5. The Hall–Kier alpha value is -3.60. The number of phosphoric acid groups is 1. The lowest BCUT2D eigenvalue weighted by Crippen LogP contribution is -2.30. The van der Waals surface area contributed by atoms with Gasteiger partial charge in [-0.15, -0.1) is 0 Å². The Morgan fingerprint density at radius 3 is 1.16 bits per heavy atom. The maximum Gasteiger partial charge on any atom is 0.472 e. The number of aliphatic hydroxyl groups excluding tert-OH is 1. The number of rotatable bonds is 55. The zero-order valence-electron chi connectivity index (χ0n) is 48.2. The molecule has 0 saturated carbocycles. The van der Waals surface area contributed by atoms with Crippen LogP contribution < -0.4 is 0 Å². The maximum absolute atomic E-state index is 12.9. The quantitative estimate of drug-likeness (QED) is 0.0197. The number of aliphatic hydroxyl groups is 1. The third-order valence-corrected chi connectivity index (χ3v) is 13.5. The summed E-state index contributed by atoms with van der Waals surface area (Å²) in [6, 6.07) is 0. The van der Waals surface area contributed by atoms with Gasteiger partial charge in [-0.05, 0) is 77.0 Å². The Balaban J connectivity index is 4.79. The SMILES string of the molecule is CC/C=C\C/C=C\C/C=C\C/C=C\C/C=C\CC(=O)OC(CO)COP(=O)(O)OCC(COC(=O)CCCCCCC/C=C\C/C=C\C/C=C\CC)OC(=O)CCCCCCCCCCCCCCCCCCCCC. The molecule has 0 rings (SSSR count). The second-order valence-corrected chi connectivity index (χ2v) is 21.2. The molecule has 0 aliphatic rings. The van der Waals surface area contributed by atoms with Crippen LogP contribution >= 0.6 is 7.82 Å². The summed E-state index contributed by atoms with van der Waals surface area (Å²) in [5, 5.41) is 9.80. The lowest BCUT2D eigenvalue weighted by atomic mass is 10.0. The van der Waals surface area contributed by atoms with Crippen LogP contribution in [0.4, 0.5) is 0 Å². The molecule has 0 spiro atoms. The standard InChI is InChI=1S/C64H109O11P/c1-4-7-10-13-16-19-22-25-28-29-30-31-34-37-40-43-46-49-52-55-64(68)75-61(57-71-62(66)53-50-47-44-41-38-35-32-26-23-20-17-14-11-8-5-2)59-73-76(69,70)72-58-60(56-65)74-63(67)54-51-48-45-42-39-36-33-27-24-21-18-15-12-9-6-3/h8-9,11-12,17-18,20-21,26-27,32-33,39,42,48,51,60-61,65H,4-7,10,13-16,19,22-25,28-31,34-38,40-41,43-47,49-50,52-59H2,1-3H3,(H,69,70)/b11-8-,12-9-,20-17-,21-18-,32-26-,33-27-,42-39-,51-48-. The molecule has 436 valence electrons. The van der Waals surface area contributed by atoms with Gasteiger partial charge >= 0.3 is 25.7 Å². The molecule has 3 unspecified atom stereocenters. The van der Waals surface area contributed by atoms with E-state index in [9.17, 15) is 28.9 Å². The fourth-order valence-electron chi connectivity index (χ4n) is 8.04. The molecular formula is C64H109O11P. The van der Waals surface area contributed by atoms with Gasteiger partial charge in [-0.2, -0.15) is 0 Å². The Morgan fingerprint density at radius 2 is 0.737 bits per heavy atom. The van der Waals surface area contributed by atoms with E-state index in [4.69, 9.17) is 23.3 Å². The monoisotopic (exact) mass is 1080 g/mol. The molecule has 76 heavy (non-hydrogen) atoms. The fraction of sp³-hybridized carbons (Fsp3) is 0.703. The van der Waals surface area contributed by atoms with Crippen molar-refractivity contribution in [1.29, 1.82) is 0 Å². The number of hydrogen-bond acceptors (Lipinski definition) is 10. The van der Waals surface area contributed by atoms with E-state index in [0.717, 1.165) is 96.3 Å². The van der Waals surface area contributed by atoms with Crippen LogP contribution in [0.2, 0.25) is 0 Å². The minimum absolute atomic E-state index is 0.0587. The third kappa shape index (κ3) is 55.2. The van der Waals surface area contributed by atoms with Crippen LogP contribution in [0.3, 0.4) is 0 Å². The van der Waals surface area contributed by atoms with Crippen molar-refractivity contribution in [1.82, 2.24) is 0 Å². The molecule has 0 bridgehead atoms. The normalized spacial score (nSPS) is 14.0. The van der Waals surface area contributed by atoms with Crippen LogP contribution in [0.25, 0.3) is 0 Å². The average Bonchev–Trinajstić information content (AvgIpc) is 3.41. The maximum atomic E-state index is 12.9. The molecule has 0 saturated heterocycles. The highest BCUT2D eigenvalue weighted by Crippen LogP contribution is 2.43. The zero-order valence-corrected chi connectivity index (χ0v) is 49.1. The van der Waals surface area contributed by atoms with Crippen LogP contribution in [0.5, 0.6) is 0 Å². The number of phosphoric ester groups is 1. The Kier molecular flexibility index (Phi) is 54.8. The number of allylic oxidation sites excluding steroid dienone is 15. The Bertz CT molecular complexity index is 1640. The molecule has 11 nitrogen and oxygen atoms in total. The number of carbonyl (C=O) groups is 3. The molecule has 0 aromatic heterocycles. The average molecular weight is 1090 g/mol. The first kappa shape index (κ1) is 72.4. The van der Waals surface area contributed by atoms with E-state index in [1.54, 1.807) is 6.08 Å². The number of esters is 3. The van der Waals surface area contributed by atoms with Crippen LogP contribution in [0, 0.1) is 0 Å². The van der Waals surface area contributed by atoms with Crippen LogP contribution in [-0.2, 0) is 42.2 Å². The molecule has 0 heterocycles. The number of carbonyl (C=O) groups excluding carboxylic acids is 3. The van der Waals surface area contributed by atoms with Gasteiger partial charge in [0.2, 0.25) is 0 Å². The second kappa shape index (κ2) is 57.6. The van der Waals surface area contributed by atoms with Gasteiger partial charge in [-0.1, -0.05) is 253 Å². The molecule has 3 atom stereocenters. The lowest BCUT2D eigenvalue weighted by molar-refractivity contribution is -0.161. The topological polar surface area (TPSA) is 155 Å². The van der Waals surface area contributed by atoms with E-state index < -0.39 is 57.8 Å². The molecule has 2 N–H and O–H groups in total. The number of unbranched alkanes of at least 4 members (excludes halogenated alkanes) is 23. The van der Waals surface area contributed by atoms with Gasteiger partial charge in [-0.3, -0.25) is 23.4 Å². The van der Waals surface area contributed by atoms with E-state index in [1.807, 2.05) is 18.2 Å². The molecule has 0 aliphatic carbocycles. The Morgan fingerprint density at radius 1 is 0.395 bits per heavy atom. The highest BCUT2D eigenvalue weighted by atomic mass is 31.2. The molecule has 0 aromatic carbocycles. The summed E-state index contributed by atoms with van der Waals surface area (Å²) in [6.07, 6.45) is 68.3. The van der Waals surface area contributed by atoms with E-state index in [1.165, 1.54) is 96.3 Å². The van der Waals surface area contributed by atoms with E-state index in [-0.39, 0.29) is 25.9 Å². The predicted octanol–water partition coefficient (Wildman–Crippen LogP) is 18.0. The van der Waals surface area contributed by atoms with Gasteiger partial charge < -0.3 is 24.2 Å². The lowest BCUT2D eigenvalue weighted by Gasteiger charge is -2.21. The van der Waals surface area contributed by atoms with E-state index >= 15 is 0 Å². The second-order valence-electron chi connectivity index (χ2n) is 19.8. The minimum atomic E-state index is -4.78. The molecule has 0 aromatic rings. The van der Waals surface area contributed by atoms with Crippen molar-refractivity contribution in [2.75, 3.05) is 26.4 Å². The smallest absolute Gasteiger partial charge is 0.462 e. The van der Waals surface area contributed by atoms with Crippen molar-refractivity contribution in [2.45, 2.75) is 264 Å². The molecule has 0 amide bonds. The molecule has 0 radical (unpaired) electrons. The predicted molar refractivity (Wildman–Crippen MR) is 316 cm³/mol. The van der Waals surface area contributed by atoms with Crippen molar-refractivity contribution >= 4 is 25.7 Å². The van der Waals surface area contributed by atoms with Gasteiger partial charge in [0.1, 0.15) is 12.7 Å². The van der Waals surface area contributed by atoms with Gasteiger partial charge in [0.25, 0.3) is 0 Å². The molecule has 0 fully saturated rings. The van der Waals surface area contributed by atoms with Gasteiger partial charge in [-0.25, -0.2) is 4.57 Å². The molecular weight excluding hydrogens is 976 g/mol. The highest BCUT2D eigenvalue weighted by molar-refractivity contribution is 7.47. The van der Waals surface area contributed by atoms with Gasteiger partial charge in [0, 0.05) is 12.8 Å². The van der Waals surface area contributed by atoms with E-state index in [2.05, 4.69) is 93.7 Å². The first-order valence-electron chi connectivity index (χ1n) is 30.1. The summed E-state index contributed by atoms with van der Waals surface area (Å²) in [7, 11) is -4.78. The van der Waals surface area contributed by atoms with Crippen LogP contribution in [0.15, 0.2) is 97.2 Å². The molecule has 0 aliphatic heterocycles. The van der Waals surface area contributed by atoms with Crippen LogP contribution in [0.1, 0.15) is 252 Å². The van der Waals surface area contributed by atoms with E-state index in [0.29, 0.717) is 19.3 Å². The highest BCUT2D eigenvalue weighted by Gasteiger charge is 2.28. The first-order chi connectivity index (χ1) is 37.2. The fourth-order valence-corrected chi connectivity index (χ4v) is 8.82. The summed E-state index contributed by atoms with van der Waals surface area (Å²) in [4.78, 5) is 48.6. The Labute approximate surface area is 463 Å². The van der Waals surface area contributed by atoms with Crippen molar-refractivity contribution in [2.24, 2.45) is 0 Å². The largest absolute Gasteiger partial charge is 0.472 e. The molecule has 12 heteroatoms. The summed E-state index contributed by atoms with van der Waals surface area (Å²) >= 11 is 0. The van der Waals surface area contributed by atoms with Gasteiger partial charge in [0.15, 0.2) is 6.10 Å². The first-order valence-corrected chi connectivity index (χ1v) is 31.6.